The number of esters is 1. The van der Waals surface area contributed by atoms with Crippen molar-refractivity contribution < 1.29 is 19.4 Å². The molecule has 0 heterocycles. The summed E-state index contributed by atoms with van der Waals surface area (Å²) in [7, 11) is 0. The van der Waals surface area contributed by atoms with E-state index < -0.39 is 5.97 Å². The van der Waals surface area contributed by atoms with Crippen molar-refractivity contribution in [3.05, 3.63) is 24.8 Å². The van der Waals surface area contributed by atoms with Gasteiger partial charge in [0.05, 0.1) is 6.61 Å². The highest BCUT2D eigenvalue weighted by Gasteiger charge is 2.00. The molecule has 0 radical (unpaired) electrons. The van der Waals surface area contributed by atoms with Gasteiger partial charge in [-0.25, -0.2) is 4.79 Å². The minimum absolute atomic E-state index is 0.0465. The zero-order chi connectivity index (χ0) is 13.8. The highest BCUT2D eigenvalue weighted by Crippen LogP contribution is 1.87. The van der Waals surface area contributed by atoms with Gasteiger partial charge in [-0.15, -0.1) is 0 Å². The van der Waals surface area contributed by atoms with E-state index in [-0.39, 0.29) is 25.2 Å². The smallest absolute Gasteiger partial charge is 0.330 e. The topological polar surface area (TPSA) is 75.6 Å². The van der Waals surface area contributed by atoms with Crippen LogP contribution in [0.15, 0.2) is 24.8 Å². The van der Waals surface area contributed by atoms with Gasteiger partial charge in [0.1, 0.15) is 6.61 Å². The third kappa shape index (κ3) is 14.4. The fourth-order valence-corrected chi connectivity index (χ4v) is 0.591. The molecule has 2 N–H and O–H groups in total. The predicted molar refractivity (Wildman–Crippen MR) is 66.3 cm³/mol. The van der Waals surface area contributed by atoms with Crippen LogP contribution in [0.1, 0.15) is 20.8 Å². The Hall–Kier alpha value is -1.62. The number of aliphatic hydroxyl groups excluding tert-OH is 1. The number of amides is 1. The van der Waals surface area contributed by atoms with Crippen LogP contribution < -0.4 is 5.32 Å². The lowest BCUT2D eigenvalue weighted by atomic mass is 10.3. The summed E-state index contributed by atoms with van der Waals surface area (Å²) in [6.07, 6.45) is 1.05. The molecule has 0 bridgehead atoms. The van der Waals surface area contributed by atoms with Gasteiger partial charge in [-0.1, -0.05) is 13.2 Å². The Morgan fingerprint density at radius 2 is 2.00 bits per heavy atom. The highest BCUT2D eigenvalue weighted by molar-refractivity contribution is 5.92. The van der Waals surface area contributed by atoms with Gasteiger partial charge < -0.3 is 15.2 Å². The van der Waals surface area contributed by atoms with Crippen LogP contribution in [0, 0.1) is 0 Å². The van der Waals surface area contributed by atoms with Gasteiger partial charge in [0.25, 0.3) is 0 Å². The lowest BCUT2D eigenvalue weighted by Crippen LogP contribution is -2.30. The molecular formula is C12H21NO4. The third-order valence-corrected chi connectivity index (χ3v) is 1.31. The van der Waals surface area contributed by atoms with E-state index >= 15 is 0 Å². The molecule has 0 spiro atoms. The Balaban J connectivity index is 0. The molecule has 0 fully saturated rings. The average molecular weight is 243 g/mol. The largest absolute Gasteiger partial charge is 0.460 e. The summed E-state index contributed by atoms with van der Waals surface area (Å²) >= 11 is 0. The molecule has 17 heavy (non-hydrogen) atoms. The van der Waals surface area contributed by atoms with Crippen LogP contribution in [0.3, 0.4) is 0 Å². The van der Waals surface area contributed by atoms with Gasteiger partial charge in [0.2, 0.25) is 5.91 Å². The maximum absolute atomic E-state index is 10.7. The SMILES string of the molecule is C=C(C)C(=O)NC(C)C.C=CC(=O)OCCO. The molecule has 98 valence electrons. The molecule has 0 aromatic heterocycles. The summed E-state index contributed by atoms with van der Waals surface area (Å²) in [6, 6.07) is 0.203. The molecular weight excluding hydrogens is 222 g/mol. The van der Waals surface area contributed by atoms with E-state index in [1.807, 2.05) is 13.8 Å². The number of ether oxygens (including phenoxy) is 1. The molecule has 1 amide bonds. The normalized spacial score (nSPS) is 8.76. The molecule has 0 saturated heterocycles. The predicted octanol–water partition coefficient (Wildman–Crippen LogP) is 0.795. The fourth-order valence-electron chi connectivity index (χ4n) is 0.591. The van der Waals surface area contributed by atoms with E-state index in [2.05, 4.69) is 23.2 Å². The van der Waals surface area contributed by atoms with Crippen molar-refractivity contribution in [2.45, 2.75) is 26.8 Å². The summed E-state index contributed by atoms with van der Waals surface area (Å²) in [6.45, 7) is 12.1. The van der Waals surface area contributed by atoms with Crippen LogP contribution in [0.5, 0.6) is 0 Å². The van der Waals surface area contributed by atoms with Gasteiger partial charge in [0.15, 0.2) is 0 Å². The van der Waals surface area contributed by atoms with Crippen LogP contribution in [-0.4, -0.2) is 36.2 Å². The van der Waals surface area contributed by atoms with E-state index in [9.17, 15) is 9.59 Å². The number of carbonyl (C=O) groups is 2. The molecule has 0 aliphatic carbocycles. The minimum atomic E-state index is -0.501. The maximum atomic E-state index is 10.7. The van der Waals surface area contributed by atoms with E-state index in [1.54, 1.807) is 6.92 Å². The van der Waals surface area contributed by atoms with Crippen LogP contribution in [0.4, 0.5) is 0 Å². The second kappa shape index (κ2) is 10.9. The molecule has 0 unspecified atom stereocenters. The van der Waals surface area contributed by atoms with Crippen molar-refractivity contribution in [3.8, 4) is 0 Å². The molecule has 0 aromatic carbocycles. The third-order valence-electron chi connectivity index (χ3n) is 1.31. The summed E-state index contributed by atoms with van der Waals surface area (Å²) in [4.78, 5) is 20.9. The summed E-state index contributed by atoms with van der Waals surface area (Å²) in [5, 5.41) is 10.8. The number of hydrogen-bond acceptors (Lipinski definition) is 4. The van der Waals surface area contributed by atoms with E-state index in [1.165, 1.54) is 0 Å². The van der Waals surface area contributed by atoms with Crippen molar-refractivity contribution in [2.24, 2.45) is 0 Å². The van der Waals surface area contributed by atoms with E-state index in [0.29, 0.717) is 5.57 Å². The molecule has 0 aliphatic heterocycles. The van der Waals surface area contributed by atoms with Gasteiger partial charge >= 0.3 is 5.97 Å². The molecule has 0 atom stereocenters. The van der Waals surface area contributed by atoms with E-state index in [4.69, 9.17) is 5.11 Å². The standard InChI is InChI=1S/C7H13NO.C5H8O3/c1-5(2)7(9)8-6(3)4;1-2-5(7)8-4-3-6/h6H,1H2,2-4H3,(H,8,9);2,6H,1,3-4H2. The van der Waals surface area contributed by atoms with Gasteiger partial charge in [0, 0.05) is 17.7 Å². The Morgan fingerprint density at radius 1 is 1.47 bits per heavy atom. The summed E-state index contributed by atoms with van der Waals surface area (Å²) < 4.78 is 4.33. The Bertz CT molecular complexity index is 272. The number of carbonyl (C=O) groups excluding carboxylic acids is 2. The monoisotopic (exact) mass is 243 g/mol. The van der Waals surface area contributed by atoms with Crippen molar-refractivity contribution in [2.75, 3.05) is 13.2 Å². The lowest BCUT2D eigenvalue weighted by molar-refractivity contribution is -0.138. The zero-order valence-corrected chi connectivity index (χ0v) is 10.7. The van der Waals surface area contributed by atoms with Crippen LogP contribution in [0.2, 0.25) is 0 Å². The number of aliphatic hydroxyl groups is 1. The number of hydrogen-bond donors (Lipinski definition) is 2. The number of nitrogens with one attached hydrogen (secondary N) is 1. The first-order valence-electron chi connectivity index (χ1n) is 5.21. The van der Waals surface area contributed by atoms with Crippen molar-refractivity contribution >= 4 is 11.9 Å². The highest BCUT2D eigenvalue weighted by atomic mass is 16.5. The average Bonchev–Trinajstić information content (AvgIpc) is 2.25. The summed E-state index contributed by atoms with van der Waals surface area (Å²) in [5.41, 5.74) is 0.559. The quantitative estimate of drug-likeness (QED) is 0.553. The first-order valence-corrected chi connectivity index (χ1v) is 5.21. The van der Waals surface area contributed by atoms with Crippen LogP contribution >= 0.6 is 0 Å². The van der Waals surface area contributed by atoms with Crippen molar-refractivity contribution in [1.29, 1.82) is 0 Å². The Morgan fingerprint density at radius 3 is 2.24 bits per heavy atom. The van der Waals surface area contributed by atoms with Crippen molar-refractivity contribution in [3.63, 3.8) is 0 Å². The molecule has 0 aliphatic rings. The molecule has 0 aromatic rings. The van der Waals surface area contributed by atoms with E-state index in [0.717, 1.165) is 6.08 Å². The first-order chi connectivity index (χ1) is 7.84. The van der Waals surface area contributed by atoms with Gasteiger partial charge in [-0.2, -0.15) is 0 Å². The fraction of sp³-hybridized carbons (Fsp3) is 0.500. The van der Waals surface area contributed by atoms with Crippen LogP contribution in [0.25, 0.3) is 0 Å². The number of rotatable bonds is 5. The molecule has 0 saturated carbocycles. The Kier molecular flexibility index (Phi) is 11.4. The molecule has 5 nitrogen and oxygen atoms in total. The van der Waals surface area contributed by atoms with Crippen molar-refractivity contribution in [1.82, 2.24) is 5.32 Å². The second-order valence-corrected chi connectivity index (χ2v) is 3.50. The van der Waals surface area contributed by atoms with Gasteiger partial charge in [-0.3, -0.25) is 4.79 Å². The summed E-state index contributed by atoms with van der Waals surface area (Å²) in [5.74, 6) is -0.566. The zero-order valence-electron chi connectivity index (χ0n) is 10.7. The maximum Gasteiger partial charge on any atom is 0.330 e. The first kappa shape index (κ1) is 17.8. The minimum Gasteiger partial charge on any atom is -0.460 e. The van der Waals surface area contributed by atoms with Crippen LogP contribution in [-0.2, 0) is 14.3 Å². The molecule has 0 rings (SSSR count). The van der Waals surface area contributed by atoms with Gasteiger partial charge in [-0.05, 0) is 20.8 Å². The lowest BCUT2D eigenvalue weighted by Gasteiger charge is -2.06. The Labute approximate surface area is 102 Å². The second-order valence-electron chi connectivity index (χ2n) is 3.50. The molecule has 5 heteroatoms.